The monoisotopic (exact) mass is 358 g/mol. The number of alkyl carbamates (subject to hydrolysis) is 1. The summed E-state index contributed by atoms with van der Waals surface area (Å²) in [5.41, 5.74) is -0.580. The lowest BCUT2D eigenvalue weighted by atomic mass is 9.99. The maximum atomic E-state index is 12.2. The summed E-state index contributed by atoms with van der Waals surface area (Å²) < 4.78 is 10.0. The fourth-order valence-electron chi connectivity index (χ4n) is 2.84. The van der Waals surface area contributed by atoms with Crippen LogP contribution in [0.1, 0.15) is 53.4 Å². The van der Waals surface area contributed by atoms with Gasteiger partial charge in [-0.05, 0) is 46.5 Å². The fourth-order valence-corrected chi connectivity index (χ4v) is 2.84. The number of esters is 1. The van der Waals surface area contributed by atoms with Gasteiger partial charge in [0.1, 0.15) is 5.60 Å². The van der Waals surface area contributed by atoms with Crippen molar-refractivity contribution in [2.24, 2.45) is 5.92 Å². The van der Waals surface area contributed by atoms with Gasteiger partial charge in [-0.15, -0.1) is 0 Å². The minimum atomic E-state index is -1.06. The van der Waals surface area contributed by atoms with E-state index in [1.807, 2.05) is 0 Å². The standard InChI is InChI=1S/C17H30N2O6/c1-5-24-15(22)13(10-20)18-14(21)9-11-7-6-8-12(11)19-16(23)25-17(2,3)4/h11-13,20H,5-10H2,1-4H3,(H,18,21)(H,19,23)/t11-,12+,13?/m0/s1. The Balaban J connectivity index is 2.52. The Morgan fingerprint density at radius 2 is 1.92 bits per heavy atom. The molecule has 25 heavy (non-hydrogen) atoms. The summed E-state index contributed by atoms with van der Waals surface area (Å²) in [6, 6.07) is -1.21. The molecule has 144 valence electrons. The highest BCUT2D eigenvalue weighted by molar-refractivity contribution is 5.84. The first-order valence-corrected chi connectivity index (χ1v) is 8.72. The summed E-state index contributed by atoms with van der Waals surface area (Å²) in [5.74, 6) is -1.04. The number of aliphatic hydroxyl groups excluding tert-OH is 1. The molecule has 2 amide bonds. The number of rotatable bonds is 7. The Morgan fingerprint density at radius 3 is 2.48 bits per heavy atom. The van der Waals surface area contributed by atoms with Crippen LogP contribution in [0.2, 0.25) is 0 Å². The SMILES string of the molecule is CCOC(=O)C(CO)NC(=O)C[C@@H]1CCC[C@H]1NC(=O)OC(C)(C)C. The Labute approximate surface area is 148 Å². The third-order valence-electron chi connectivity index (χ3n) is 3.90. The van der Waals surface area contributed by atoms with Crippen LogP contribution in [0.4, 0.5) is 4.79 Å². The van der Waals surface area contributed by atoms with Crippen molar-refractivity contribution in [1.29, 1.82) is 0 Å². The van der Waals surface area contributed by atoms with Crippen molar-refractivity contribution in [3.8, 4) is 0 Å². The van der Waals surface area contributed by atoms with Crippen LogP contribution in [0.15, 0.2) is 0 Å². The second-order valence-corrected chi connectivity index (χ2v) is 7.20. The van der Waals surface area contributed by atoms with Crippen LogP contribution in [0.5, 0.6) is 0 Å². The molecule has 0 aliphatic heterocycles. The predicted octanol–water partition coefficient (Wildman–Crippen LogP) is 1.11. The molecule has 0 aromatic heterocycles. The van der Waals surface area contributed by atoms with E-state index in [2.05, 4.69) is 10.6 Å². The van der Waals surface area contributed by atoms with Crippen LogP contribution in [0.3, 0.4) is 0 Å². The number of ether oxygens (including phenoxy) is 2. The molecule has 1 saturated carbocycles. The molecular formula is C17H30N2O6. The lowest BCUT2D eigenvalue weighted by Crippen LogP contribution is -2.46. The van der Waals surface area contributed by atoms with Gasteiger partial charge in [0.2, 0.25) is 5.91 Å². The number of hydrogen-bond donors (Lipinski definition) is 3. The van der Waals surface area contributed by atoms with E-state index < -0.39 is 30.3 Å². The zero-order valence-corrected chi connectivity index (χ0v) is 15.5. The molecule has 1 aliphatic rings. The normalized spacial score (nSPS) is 21.3. The van der Waals surface area contributed by atoms with Gasteiger partial charge < -0.3 is 25.2 Å². The molecule has 1 rings (SSSR count). The molecular weight excluding hydrogens is 328 g/mol. The molecule has 0 radical (unpaired) electrons. The van der Waals surface area contributed by atoms with Crippen molar-refractivity contribution >= 4 is 18.0 Å². The van der Waals surface area contributed by atoms with Crippen molar-refractivity contribution in [3.05, 3.63) is 0 Å². The Kier molecular flexibility index (Phi) is 8.15. The molecule has 1 unspecified atom stereocenters. The van der Waals surface area contributed by atoms with Crippen LogP contribution in [-0.2, 0) is 19.1 Å². The maximum Gasteiger partial charge on any atom is 0.407 e. The number of amides is 2. The molecule has 0 spiro atoms. The van der Waals surface area contributed by atoms with E-state index >= 15 is 0 Å². The topological polar surface area (TPSA) is 114 Å². The highest BCUT2D eigenvalue weighted by atomic mass is 16.6. The fraction of sp³-hybridized carbons (Fsp3) is 0.824. The van der Waals surface area contributed by atoms with E-state index in [4.69, 9.17) is 9.47 Å². The highest BCUT2D eigenvalue weighted by Gasteiger charge is 2.32. The third kappa shape index (κ3) is 7.72. The zero-order valence-electron chi connectivity index (χ0n) is 15.5. The Morgan fingerprint density at radius 1 is 1.24 bits per heavy atom. The predicted molar refractivity (Wildman–Crippen MR) is 90.8 cm³/mol. The molecule has 8 nitrogen and oxygen atoms in total. The minimum absolute atomic E-state index is 0.0333. The summed E-state index contributed by atoms with van der Waals surface area (Å²) in [4.78, 5) is 35.7. The second kappa shape index (κ2) is 9.60. The summed E-state index contributed by atoms with van der Waals surface area (Å²) in [5, 5.41) is 14.5. The molecule has 3 atom stereocenters. The average molecular weight is 358 g/mol. The summed E-state index contributed by atoms with van der Waals surface area (Å²) in [6.45, 7) is 6.67. The van der Waals surface area contributed by atoms with Gasteiger partial charge in [-0.1, -0.05) is 6.42 Å². The van der Waals surface area contributed by atoms with Gasteiger partial charge in [0.15, 0.2) is 6.04 Å². The minimum Gasteiger partial charge on any atom is -0.464 e. The van der Waals surface area contributed by atoms with Crippen LogP contribution in [-0.4, -0.2) is 54.0 Å². The van der Waals surface area contributed by atoms with E-state index in [0.717, 1.165) is 19.3 Å². The smallest absolute Gasteiger partial charge is 0.407 e. The van der Waals surface area contributed by atoms with Crippen LogP contribution >= 0.6 is 0 Å². The van der Waals surface area contributed by atoms with Crippen LogP contribution in [0.25, 0.3) is 0 Å². The van der Waals surface area contributed by atoms with E-state index in [-0.39, 0.29) is 30.9 Å². The summed E-state index contributed by atoms with van der Waals surface area (Å²) in [7, 11) is 0. The molecule has 0 aromatic rings. The van der Waals surface area contributed by atoms with Gasteiger partial charge in [0.25, 0.3) is 0 Å². The third-order valence-corrected chi connectivity index (χ3v) is 3.90. The first-order valence-electron chi connectivity index (χ1n) is 8.72. The quantitative estimate of drug-likeness (QED) is 0.588. The van der Waals surface area contributed by atoms with Crippen molar-refractivity contribution in [2.45, 2.75) is 71.1 Å². The van der Waals surface area contributed by atoms with Crippen LogP contribution in [0, 0.1) is 5.92 Å². The molecule has 3 N–H and O–H groups in total. The van der Waals surface area contributed by atoms with E-state index in [1.54, 1.807) is 27.7 Å². The Hall–Kier alpha value is -1.83. The largest absolute Gasteiger partial charge is 0.464 e. The molecule has 0 bridgehead atoms. The van der Waals surface area contributed by atoms with Crippen molar-refractivity contribution in [1.82, 2.24) is 10.6 Å². The van der Waals surface area contributed by atoms with Gasteiger partial charge >= 0.3 is 12.1 Å². The first kappa shape index (κ1) is 21.2. The van der Waals surface area contributed by atoms with Gasteiger partial charge in [-0.3, -0.25) is 4.79 Å². The van der Waals surface area contributed by atoms with Gasteiger partial charge in [-0.2, -0.15) is 0 Å². The molecule has 8 heteroatoms. The molecule has 1 fully saturated rings. The first-order chi connectivity index (χ1) is 11.7. The van der Waals surface area contributed by atoms with Gasteiger partial charge in [-0.25, -0.2) is 9.59 Å². The molecule has 0 saturated heterocycles. The van der Waals surface area contributed by atoms with Crippen molar-refractivity contribution in [2.75, 3.05) is 13.2 Å². The van der Waals surface area contributed by atoms with E-state index in [9.17, 15) is 19.5 Å². The van der Waals surface area contributed by atoms with Crippen molar-refractivity contribution in [3.63, 3.8) is 0 Å². The zero-order chi connectivity index (χ0) is 19.0. The number of hydrogen-bond acceptors (Lipinski definition) is 6. The van der Waals surface area contributed by atoms with E-state index in [1.165, 1.54) is 0 Å². The second-order valence-electron chi connectivity index (χ2n) is 7.20. The van der Waals surface area contributed by atoms with Crippen molar-refractivity contribution < 1.29 is 29.0 Å². The number of aliphatic hydroxyl groups is 1. The average Bonchev–Trinajstić information content (AvgIpc) is 2.89. The lowest BCUT2D eigenvalue weighted by molar-refractivity contribution is -0.148. The molecule has 1 aliphatic carbocycles. The maximum absolute atomic E-state index is 12.2. The highest BCUT2D eigenvalue weighted by Crippen LogP contribution is 2.28. The molecule has 0 heterocycles. The van der Waals surface area contributed by atoms with Crippen LogP contribution < -0.4 is 10.6 Å². The van der Waals surface area contributed by atoms with E-state index in [0.29, 0.717) is 0 Å². The Bertz CT molecular complexity index is 474. The summed E-state index contributed by atoms with van der Waals surface area (Å²) in [6.07, 6.45) is 2.15. The summed E-state index contributed by atoms with van der Waals surface area (Å²) >= 11 is 0. The van der Waals surface area contributed by atoms with Gasteiger partial charge in [0, 0.05) is 12.5 Å². The molecule has 0 aromatic carbocycles. The number of nitrogens with one attached hydrogen (secondary N) is 2. The number of carbonyl (C=O) groups is 3. The number of carbonyl (C=O) groups excluding carboxylic acids is 3. The lowest BCUT2D eigenvalue weighted by Gasteiger charge is -2.25. The van der Waals surface area contributed by atoms with Gasteiger partial charge in [0.05, 0.1) is 13.2 Å².